The van der Waals surface area contributed by atoms with E-state index in [0.717, 1.165) is 6.42 Å². The molecule has 0 nitrogen and oxygen atoms in total. The second-order valence-corrected chi connectivity index (χ2v) is 5.27. The molecule has 21 heavy (non-hydrogen) atoms. The summed E-state index contributed by atoms with van der Waals surface area (Å²) in [5.74, 6) is 0.345. The first-order valence-corrected chi connectivity index (χ1v) is 7.07. The summed E-state index contributed by atoms with van der Waals surface area (Å²) < 4.78 is 0. The Kier molecular flexibility index (Phi) is 4.22. The summed E-state index contributed by atoms with van der Waals surface area (Å²) in [5.41, 5.74) is 6.74. The average Bonchev–Trinajstić information content (AvgIpc) is 3.15. The summed E-state index contributed by atoms with van der Waals surface area (Å²) in [7, 11) is 0. The molecule has 0 heterocycles. The van der Waals surface area contributed by atoms with Gasteiger partial charge >= 0.3 is 0 Å². The Bertz CT molecular complexity index is 735. The molecule has 2 aliphatic rings. The molecule has 0 saturated carbocycles. The molecule has 100 valence electrons. The fourth-order valence-electron chi connectivity index (χ4n) is 3.16. The van der Waals surface area contributed by atoms with Gasteiger partial charge in [0.15, 0.2) is 0 Å². The van der Waals surface area contributed by atoms with E-state index in [1.165, 1.54) is 27.8 Å². The molecule has 0 saturated heterocycles. The van der Waals surface area contributed by atoms with Gasteiger partial charge in [-0.2, -0.15) is 17.7 Å². The standard InChI is InChI=1S/C20H15.Zr/c1-2-10-16(11-3-1)20-18-13-7-6-12-17(18)14-19(20)15-8-4-5-9-15;/h1-4,6-8,10-14,20H,5H2;/q-1;. The molecule has 0 radical (unpaired) electrons. The Balaban J connectivity index is 0.00000132. The third kappa shape index (κ3) is 2.56. The number of benzene rings is 2. The van der Waals surface area contributed by atoms with E-state index in [1.54, 1.807) is 0 Å². The molecule has 0 spiro atoms. The maximum atomic E-state index is 3.47. The Morgan fingerprint density at radius 1 is 0.905 bits per heavy atom. The zero-order chi connectivity index (χ0) is 13.4. The summed E-state index contributed by atoms with van der Waals surface area (Å²) in [4.78, 5) is 0. The van der Waals surface area contributed by atoms with E-state index >= 15 is 0 Å². The maximum Gasteiger partial charge on any atom is 0 e. The van der Waals surface area contributed by atoms with Gasteiger partial charge in [-0.1, -0.05) is 61.0 Å². The number of hydrogen-bond acceptors (Lipinski definition) is 0. The molecular weight excluding hydrogens is 331 g/mol. The third-order valence-corrected chi connectivity index (χ3v) is 4.07. The first kappa shape index (κ1) is 14.5. The van der Waals surface area contributed by atoms with Crippen molar-refractivity contribution in [3.63, 3.8) is 0 Å². The van der Waals surface area contributed by atoms with Crippen LogP contribution in [0.4, 0.5) is 0 Å². The van der Waals surface area contributed by atoms with Gasteiger partial charge in [0.25, 0.3) is 0 Å². The smallest absolute Gasteiger partial charge is 0 e. The fraction of sp³-hybridized carbons (Fsp3) is 0.100. The van der Waals surface area contributed by atoms with Crippen molar-refractivity contribution in [3.8, 4) is 0 Å². The Hall–Kier alpha value is -1.46. The summed E-state index contributed by atoms with van der Waals surface area (Å²) in [5, 5.41) is 0. The first-order chi connectivity index (χ1) is 9.93. The zero-order valence-electron chi connectivity index (χ0n) is 11.7. The van der Waals surface area contributed by atoms with Crippen molar-refractivity contribution in [2.75, 3.05) is 0 Å². The molecule has 1 atom stereocenters. The first-order valence-electron chi connectivity index (χ1n) is 7.07. The van der Waals surface area contributed by atoms with Crippen LogP contribution in [0.5, 0.6) is 0 Å². The molecule has 0 bridgehead atoms. The minimum Gasteiger partial charge on any atom is -0.198 e. The molecular formula is C20H15Zr-. The van der Waals surface area contributed by atoms with Gasteiger partial charge in [0.05, 0.1) is 0 Å². The van der Waals surface area contributed by atoms with Crippen molar-refractivity contribution in [1.29, 1.82) is 0 Å². The Labute approximate surface area is 145 Å². The van der Waals surface area contributed by atoms with E-state index in [2.05, 4.69) is 78.9 Å². The van der Waals surface area contributed by atoms with Crippen LogP contribution in [0.1, 0.15) is 29.0 Å². The largest absolute Gasteiger partial charge is 0.198 e. The third-order valence-electron chi connectivity index (χ3n) is 4.07. The fourth-order valence-corrected chi connectivity index (χ4v) is 3.16. The number of allylic oxidation sites excluding steroid dienone is 5. The Morgan fingerprint density at radius 3 is 2.43 bits per heavy atom. The van der Waals surface area contributed by atoms with E-state index < -0.39 is 0 Å². The van der Waals surface area contributed by atoms with Gasteiger partial charge in [0, 0.05) is 26.2 Å². The molecule has 2 aromatic rings. The maximum absolute atomic E-state index is 3.47. The van der Waals surface area contributed by atoms with Crippen LogP contribution >= 0.6 is 0 Å². The number of hydrogen-bond donors (Lipinski definition) is 0. The number of rotatable bonds is 2. The van der Waals surface area contributed by atoms with Gasteiger partial charge in [0.1, 0.15) is 0 Å². The molecule has 0 aromatic heterocycles. The van der Waals surface area contributed by atoms with Gasteiger partial charge < -0.3 is 0 Å². The van der Waals surface area contributed by atoms with Crippen molar-refractivity contribution < 1.29 is 26.2 Å². The second-order valence-electron chi connectivity index (χ2n) is 5.27. The SMILES string of the molecule is [C-]1=C(C2=Cc3ccccc3C2c2ccccc2)C=CC1.[Zr]. The summed E-state index contributed by atoms with van der Waals surface area (Å²) >= 11 is 0. The molecule has 0 amide bonds. The van der Waals surface area contributed by atoms with Gasteiger partial charge in [-0.15, -0.1) is 17.7 Å². The van der Waals surface area contributed by atoms with E-state index in [1.807, 2.05) is 0 Å². The summed E-state index contributed by atoms with van der Waals surface area (Å²) in [6.07, 6.45) is 11.1. The van der Waals surface area contributed by atoms with Crippen molar-refractivity contribution in [2.45, 2.75) is 12.3 Å². The minimum atomic E-state index is 0. The van der Waals surface area contributed by atoms with Crippen molar-refractivity contribution in [1.82, 2.24) is 0 Å². The van der Waals surface area contributed by atoms with Gasteiger partial charge in [0.2, 0.25) is 0 Å². The zero-order valence-corrected chi connectivity index (χ0v) is 14.2. The van der Waals surface area contributed by atoms with Crippen molar-refractivity contribution >= 4 is 6.08 Å². The molecule has 2 aromatic carbocycles. The molecule has 1 unspecified atom stereocenters. The van der Waals surface area contributed by atoms with E-state index in [-0.39, 0.29) is 26.2 Å². The van der Waals surface area contributed by atoms with Gasteiger partial charge in [-0.05, 0) is 22.6 Å². The average molecular weight is 347 g/mol. The normalized spacial score (nSPS) is 18.8. The topological polar surface area (TPSA) is 0 Å². The van der Waals surface area contributed by atoms with Gasteiger partial charge in [-0.3, -0.25) is 0 Å². The van der Waals surface area contributed by atoms with Crippen LogP contribution in [0, 0.1) is 6.08 Å². The monoisotopic (exact) mass is 345 g/mol. The molecule has 1 heteroatoms. The van der Waals surface area contributed by atoms with Crippen LogP contribution in [-0.2, 0) is 26.2 Å². The van der Waals surface area contributed by atoms with Crippen molar-refractivity contribution in [2.24, 2.45) is 0 Å². The predicted molar refractivity (Wildman–Crippen MR) is 83.2 cm³/mol. The van der Waals surface area contributed by atoms with Crippen LogP contribution in [-0.4, -0.2) is 0 Å². The molecule has 0 aliphatic heterocycles. The second kappa shape index (κ2) is 6.12. The summed E-state index contributed by atoms with van der Waals surface area (Å²) in [6.45, 7) is 0. The Morgan fingerprint density at radius 2 is 1.67 bits per heavy atom. The van der Waals surface area contributed by atoms with Crippen LogP contribution in [0.3, 0.4) is 0 Å². The van der Waals surface area contributed by atoms with E-state index in [0.29, 0.717) is 5.92 Å². The molecule has 4 rings (SSSR count). The quantitative estimate of drug-likeness (QED) is 0.678. The van der Waals surface area contributed by atoms with E-state index in [4.69, 9.17) is 0 Å². The van der Waals surface area contributed by atoms with E-state index in [9.17, 15) is 0 Å². The van der Waals surface area contributed by atoms with Crippen LogP contribution in [0.2, 0.25) is 0 Å². The molecule has 0 N–H and O–H groups in total. The van der Waals surface area contributed by atoms with Crippen molar-refractivity contribution in [3.05, 3.63) is 101 Å². The van der Waals surface area contributed by atoms with Crippen LogP contribution in [0.25, 0.3) is 6.08 Å². The summed E-state index contributed by atoms with van der Waals surface area (Å²) in [6, 6.07) is 19.5. The number of fused-ring (bicyclic) bond motifs is 1. The van der Waals surface area contributed by atoms with Crippen LogP contribution < -0.4 is 0 Å². The minimum absolute atomic E-state index is 0. The van der Waals surface area contributed by atoms with Gasteiger partial charge in [-0.25, -0.2) is 0 Å². The molecule has 0 fully saturated rings. The predicted octanol–water partition coefficient (Wildman–Crippen LogP) is 4.90. The van der Waals surface area contributed by atoms with Crippen LogP contribution in [0.15, 0.2) is 77.9 Å². The molecule has 2 aliphatic carbocycles.